The maximum absolute atomic E-state index is 14.9. The highest BCUT2D eigenvalue weighted by Crippen LogP contribution is 2.23. The molecule has 4 aromatic rings. The van der Waals surface area contributed by atoms with Crippen molar-refractivity contribution in [3.63, 3.8) is 0 Å². The third-order valence-electron chi connectivity index (χ3n) is 14.0. The summed E-state index contributed by atoms with van der Waals surface area (Å²) in [5, 5.41) is 20.9. The molecule has 0 bridgehead atoms. The van der Waals surface area contributed by atoms with Crippen LogP contribution in [0.4, 0.5) is 0 Å². The highest BCUT2D eigenvalue weighted by molar-refractivity contribution is 7.98. The summed E-state index contributed by atoms with van der Waals surface area (Å²) in [6.07, 6.45) is 6.27. The van der Waals surface area contributed by atoms with Crippen LogP contribution in [0.25, 0.3) is 10.9 Å². The van der Waals surface area contributed by atoms with Crippen LogP contribution in [0.5, 0.6) is 0 Å². The van der Waals surface area contributed by atoms with Gasteiger partial charge in [0.05, 0.1) is 0 Å². The van der Waals surface area contributed by atoms with Crippen molar-refractivity contribution in [3.05, 3.63) is 108 Å². The van der Waals surface area contributed by atoms with Crippen LogP contribution >= 0.6 is 11.8 Å². The second-order valence-corrected chi connectivity index (χ2v) is 22.4. The topological polar surface area (TPSA) is 257 Å². The van der Waals surface area contributed by atoms with Crippen molar-refractivity contribution in [1.82, 2.24) is 47.1 Å². The summed E-state index contributed by atoms with van der Waals surface area (Å²) in [5.41, 5.74) is 2.88. The molecule has 3 heterocycles. The number of nitrogens with one attached hydrogen (secondary N) is 8. The summed E-state index contributed by atoms with van der Waals surface area (Å²) >= 11 is 1.45. The minimum Gasteiger partial charge on any atom is -0.361 e. The minimum absolute atomic E-state index is 0.00482. The van der Waals surface area contributed by atoms with Crippen molar-refractivity contribution in [2.24, 2.45) is 11.8 Å². The molecule has 10 atom stereocenters. The molecular formula is C55H73N9O9S2. The first-order valence-electron chi connectivity index (χ1n) is 25.8. The van der Waals surface area contributed by atoms with Gasteiger partial charge in [0.2, 0.25) is 47.3 Å². The zero-order valence-electron chi connectivity index (χ0n) is 43.6. The lowest BCUT2D eigenvalue weighted by Gasteiger charge is -2.32. The summed E-state index contributed by atoms with van der Waals surface area (Å²) in [7, 11) is -1.37. The molecule has 2 aliphatic heterocycles. The number of aromatic nitrogens is 1. The molecule has 8 amide bonds. The van der Waals surface area contributed by atoms with E-state index in [1.54, 1.807) is 75.5 Å². The van der Waals surface area contributed by atoms with Crippen molar-refractivity contribution in [1.29, 1.82) is 0 Å². The fraction of sp³-hybridized carbons (Fsp3) is 0.491. The van der Waals surface area contributed by atoms with Gasteiger partial charge in [0.15, 0.2) is 0 Å². The predicted molar refractivity (Wildman–Crippen MR) is 291 cm³/mol. The van der Waals surface area contributed by atoms with E-state index in [1.807, 2.05) is 49.6 Å². The normalized spacial score (nSPS) is 24.9. The average molecular weight is 1070 g/mol. The first kappa shape index (κ1) is 57.7. The van der Waals surface area contributed by atoms with Gasteiger partial charge in [-0.3, -0.25) is 42.6 Å². The number of carbonyl (C=O) groups is 8. The first-order chi connectivity index (χ1) is 36.0. The van der Waals surface area contributed by atoms with Crippen LogP contribution in [0.2, 0.25) is 0 Å². The monoisotopic (exact) mass is 1070 g/mol. The molecular weight excluding hydrogens is 995 g/mol. The first-order valence-corrected chi connectivity index (χ1v) is 28.9. The Labute approximate surface area is 446 Å². The van der Waals surface area contributed by atoms with Crippen molar-refractivity contribution in [2.45, 2.75) is 127 Å². The Morgan fingerprint density at radius 3 is 1.69 bits per heavy atom. The van der Waals surface area contributed by atoms with Crippen LogP contribution in [0.15, 0.2) is 91.1 Å². The van der Waals surface area contributed by atoms with Crippen LogP contribution in [0.3, 0.4) is 0 Å². The van der Waals surface area contributed by atoms with Gasteiger partial charge in [0.25, 0.3) is 0 Å². The fourth-order valence-electron chi connectivity index (χ4n) is 9.48. The fourth-order valence-corrected chi connectivity index (χ4v) is 10.5. The predicted octanol–water partition coefficient (Wildman–Crippen LogP) is 2.82. The Balaban J connectivity index is 1.44. The molecule has 20 heteroatoms. The Bertz CT molecular complexity index is 2650. The second kappa shape index (κ2) is 27.8. The molecule has 6 rings (SSSR count). The van der Waals surface area contributed by atoms with Crippen molar-refractivity contribution < 1.29 is 42.6 Å². The molecule has 0 unspecified atom stereocenters. The van der Waals surface area contributed by atoms with E-state index in [2.05, 4.69) is 42.2 Å². The summed E-state index contributed by atoms with van der Waals surface area (Å²) in [4.78, 5) is 122. The maximum atomic E-state index is 14.9. The number of hydrogen-bond acceptors (Lipinski definition) is 10. The number of rotatable bonds is 15. The number of benzene rings is 3. The molecule has 1 aromatic heterocycles. The quantitative estimate of drug-likeness (QED) is 0.0864. The number of H-pyrrole nitrogens is 1. The smallest absolute Gasteiger partial charge is 0.245 e. The zero-order chi connectivity index (χ0) is 54.2. The number of thioether (sulfide) groups is 1. The molecule has 0 aliphatic carbocycles. The molecule has 2 saturated heterocycles. The lowest BCUT2D eigenvalue weighted by atomic mass is 9.96. The van der Waals surface area contributed by atoms with Crippen LogP contribution < -0.4 is 37.2 Å². The number of fused-ring (bicyclic) bond motifs is 2. The molecule has 0 saturated carbocycles. The zero-order valence-corrected chi connectivity index (χ0v) is 45.3. The van der Waals surface area contributed by atoms with Crippen LogP contribution in [0, 0.1) is 11.8 Å². The van der Waals surface area contributed by atoms with Gasteiger partial charge >= 0.3 is 0 Å². The molecule has 0 radical (unpaired) electrons. The standard InChI is InChI=1S/C55H73N9O9S2/c1-7-34(4)47-54(71)58-41(25-28-75(6)73)55(72)64-26-16-23-45(64)52(69)61-43(30-36-19-12-9-13-20-36)50(67)59-42(29-35-17-10-8-11-18-35)49(66)60-44(31-37-32-56-39-22-15-14-21-38(37)39)51(68)62-46(33(2)3)53(70)57-40(24-27-74-5)48(65)63-47/h8-15,17-22,32-34,40-47,56H,7,16,23-31H2,1-6H3,(H,57,70)(H,58,71)(H,59,67)(H,60,66)(H,61,69)(H,62,68)(H,63,65)/t34-,40+,41+,42+,43+,44+,45+,46+,47+,75-/m1/s1. The molecule has 75 heavy (non-hydrogen) atoms. The van der Waals surface area contributed by atoms with E-state index in [-0.39, 0.29) is 50.8 Å². The molecule has 2 fully saturated rings. The van der Waals surface area contributed by atoms with E-state index in [9.17, 15) is 42.6 Å². The number of para-hydroxylation sites is 1. The lowest BCUT2D eigenvalue weighted by Crippen LogP contribution is -2.62. The minimum atomic E-state index is -1.37. The average Bonchev–Trinajstić information content (AvgIpc) is 4.06. The Kier molecular flexibility index (Phi) is 21.4. The van der Waals surface area contributed by atoms with Crippen LogP contribution in [-0.4, -0.2) is 140 Å². The molecule has 3 aromatic carbocycles. The Morgan fingerprint density at radius 1 is 0.600 bits per heavy atom. The van der Waals surface area contributed by atoms with Gasteiger partial charge in [0.1, 0.15) is 48.3 Å². The lowest BCUT2D eigenvalue weighted by molar-refractivity contribution is -0.143. The van der Waals surface area contributed by atoms with E-state index < -0.39 is 118 Å². The van der Waals surface area contributed by atoms with Crippen molar-refractivity contribution >= 4 is 80.7 Å². The van der Waals surface area contributed by atoms with Gasteiger partial charge < -0.3 is 47.1 Å². The third-order valence-corrected chi connectivity index (χ3v) is 15.4. The van der Waals surface area contributed by atoms with Gasteiger partial charge in [-0.1, -0.05) is 113 Å². The van der Waals surface area contributed by atoms with Gasteiger partial charge in [0, 0.05) is 65.7 Å². The van der Waals surface area contributed by atoms with Crippen LogP contribution in [-0.2, 0) is 68.4 Å². The summed E-state index contributed by atoms with van der Waals surface area (Å²) in [6.45, 7) is 7.24. The summed E-state index contributed by atoms with van der Waals surface area (Å²) in [6, 6.07) is 15.8. The molecule has 18 nitrogen and oxygen atoms in total. The van der Waals surface area contributed by atoms with Gasteiger partial charge in [-0.2, -0.15) is 11.8 Å². The van der Waals surface area contributed by atoms with Crippen molar-refractivity contribution in [3.8, 4) is 0 Å². The Hall–Kier alpha value is -6.54. The summed E-state index contributed by atoms with van der Waals surface area (Å²) < 4.78 is 12.5. The van der Waals surface area contributed by atoms with E-state index in [0.717, 1.165) is 10.9 Å². The van der Waals surface area contributed by atoms with E-state index in [1.165, 1.54) is 22.9 Å². The van der Waals surface area contributed by atoms with E-state index in [4.69, 9.17) is 0 Å². The van der Waals surface area contributed by atoms with E-state index in [0.29, 0.717) is 35.3 Å². The Morgan fingerprint density at radius 2 is 1.11 bits per heavy atom. The molecule has 404 valence electrons. The van der Waals surface area contributed by atoms with Crippen molar-refractivity contribution in [2.75, 3.05) is 30.6 Å². The highest BCUT2D eigenvalue weighted by atomic mass is 32.2. The van der Waals surface area contributed by atoms with Crippen LogP contribution in [0.1, 0.15) is 76.5 Å². The number of hydrogen-bond donors (Lipinski definition) is 8. The number of aromatic amines is 1. The van der Waals surface area contributed by atoms with Gasteiger partial charge in [-0.25, -0.2) is 0 Å². The SMILES string of the molecule is CC[C@@H](C)[C@@H]1NC(=O)[C@H](CCSC)NC(=O)[C@H](C(C)C)NC(=O)[C@H](Cc2c[nH]c3ccccc23)NC(=O)[C@H](Cc2ccccc2)NC(=O)[C@H](Cc2ccccc2)NC(=O)[C@@H]2CCCN2C(=O)[C@H](CC[S@@](C)=O)NC1=O. The molecule has 2 aliphatic rings. The highest BCUT2D eigenvalue weighted by Gasteiger charge is 2.41. The third kappa shape index (κ3) is 16.0. The van der Waals surface area contributed by atoms with E-state index >= 15 is 0 Å². The molecule has 0 spiro atoms. The van der Waals surface area contributed by atoms with Gasteiger partial charge in [-0.15, -0.1) is 0 Å². The second-order valence-electron chi connectivity index (χ2n) is 19.9. The summed E-state index contributed by atoms with van der Waals surface area (Å²) in [5.74, 6) is -5.84. The molecule has 8 N–H and O–H groups in total. The largest absolute Gasteiger partial charge is 0.361 e. The number of nitrogens with zero attached hydrogens (tertiary/aromatic N) is 1. The number of amides is 8. The maximum Gasteiger partial charge on any atom is 0.245 e. The number of carbonyl (C=O) groups excluding carboxylic acids is 8. The van der Waals surface area contributed by atoms with Gasteiger partial charge in [-0.05, 0) is 72.3 Å².